The Morgan fingerprint density at radius 1 is 1.61 bits per heavy atom. The minimum Gasteiger partial charge on any atom is -0.477 e. The summed E-state index contributed by atoms with van der Waals surface area (Å²) in [5.41, 5.74) is 6.14. The Bertz CT molecular complexity index is 452. The van der Waals surface area contributed by atoms with Crippen molar-refractivity contribution in [2.45, 2.75) is 6.04 Å². The van der Waals surface area contributed by atoms with Gasteiger partial charge in [-0.1, -0.05) is 0 Å². The number of rotatable bonds is 3. The molecule has 1 aliphatic rings. The molecule has 1 aromatic heterocycles. The van der Waals surface area contributed by atoms with Gasteiger partial charge in [0.1, 0.15) is 0 Å². The summed E-state index contributed by atoms with van der Waals surface area (Å²) < 4.78 is 5.26. The van der Waals surface area contributed by atoms with Crippen LogP contribution in [0.4, 0.5) is 11.5 Å². The highest BCUT2D eigenvalue weighted by Gasteiger charge is 2.25. The van der Waals surface area contributed by atoms with Crippen molar-refractivity contribution < 1.29 is 19.7 Å². The molecule has 2 rings (SSSR count). The van der Waals surface area contributed by atoms with E-state index in [1.54, 1.807) is 4.90 Å². The number of ether oxygens (including phenoxy) is 1. The molecular weight excluding hydrogens is 238 g/mol. The predicted molar refractivity (Wildman–Crippen MR) is 64.6 cm³/mol. The van der Waals surface area contributed by atoms with Crippen molar-refractivity contribution >= 4 is 17.5 Å². The molecule has 1 unspecified atom stereocenters. The fourth-order valence-electron chi connectivity index (χ4n) is 1.89. The number of aliphatic hydroxyl groups excluding tert-OH is 1. The molecule has 2 heterocycles. The normalized spacial score (nSPS) is 19.8. The summed E-state index contributed by atoms with van der Waals surface area (Å²) in [6, 6.07) is 2.61. The lowest BCUT2D eigenvalue weighted by Gasteiger charge is -2.36. The molecule has 1 aromatic rings. The van der Waals surface area contributed by atoms with Gasteiger partial charge in [0.05, 0.1) is 31.5 Å². The zero-order chi connectivity index (χ0) is 13.1. The molecule has 0 saturated carbocycles. The molecule has 0 aliphatic carbocycles. The maximum Gasteiger partial charge on any atom is 0.354 e. The molecule has 1 saturated heterocycles. The van der Waals surface area contributed by atoms with Gasteiger partial charge in [-0.2, -0.15) is 0 Å². The van der Waals surface area contributed by atoms with Crippen LogP contribution < -0.4 is 10.6 Å². The summed E-state index contributed by atoms with van der Waals surface area (Å²) in [5.74, 6) is -0.720. The third-order valence-electron chi connectivity index (χ3n) is 2.83. The number of aromatic nitrogens is 1. The molecule has 1 atom stereocenters. The second-order valence-corrected chi connectivity index (χ2v) is 4.02. The molecule has 1 aliphatic heterocycles. The van der Waals surface area contributed by atoms with E-state index in [0.717, 1.165) is 0 Å². The van der Waals surface area contributed by atoms with Gasteiger partial charge in [-0.3, -0.25) is 0 Å². The number of nitrogen functional groups attached to an aromatic ring is 1. The number of carboxylic acid groups (broad SMARTS) is 1. The summed E-state index contributed by atoms with van der Waals surface area (Å²) >= 11 is 0. The lowest BCUT2D eigenvalue weighted by molar-refractivity contribution is 0.0688. The summed E-state index contributed by atoms with van der Waals surface area (Å²) in [6.07, 6.45) is 0. The molecule has 0 bridgehead atoms. The first kappa shape index (κ1) is 12.6. The van der Waals surface area contributed by atoms with Crippen LogP contribution in [-0.4, -0.2) is 53.6 Å². The van der Waals surface area contributed by atoms with Crippen LogP contribution in [-0.2, 0) is 4.74 Å². The van der Waals surface area contributed by atoms with E-state index in [1.165, 1.54) is 12.1 Å². The fourth-order valence-corrected chi connectivity index (χ4v) is 1.89. The lowest BCUT2D eigenvalue weighted by Crippen LogP contribution is -2.48. The van der Waals surface area contributed by atoms with E-state index in [9.17, 15) is 9.90 Å². The van der Waals surface area contributed by atoms with Gasteiger partial charge in [0.2, 0.25) is 0 Å². The average molecular weight is 253 g/mol. The van der Waals surface area contributed by atoms with Crippen molar-refractivity contribution in [2.75, 3.05) is 37.0 Å². The van der Waals surface area contributed by atoms with E-state index in [4.69, 9.17) is 15.6 Å². The van der Waals surface area contributed by atoms with E-state index in [0.29, 0.717) is 31.3 Å². The molecule has 18 heavy (non-hydrogen) atoms. The van der Waals surface area contributed by atoms with Gasteiger partial charge in [0.25, 0.3) is 0 Å². The molecule has 0 spiro atoms. The number of carbonyl (C=O) groups is 1. The first-order chi connectivity index (χ1) is 8.63. The molecule has 0 aromatic carbocycles. The number of hydrogen-bond acceptors (Lipinski definition) is 6. The van der Waals surface area contributed by atoms with Crippen molar-refractivity contribution in [3.8, 4) is 0 Å². The third kappa shape index (κ3) is 2.36. The zero-order valence-electron chi connectivity index (χ0n) is 9.74. The molecule has 7 heteroatoms. The fraction of sp³-hybridized carbons (Fsp3) is 0.455. The first-order valence-corrected chi connectivity index (χ1v) is 5.58. The van der Waals surface area contributed by atoms with Gasteiger partial charge in [-0.25, -0.2) is 9.78 Å². The van der Waals surface area contributed by atoms with Crippen molar-refractivity contribution in [2.24, 2.45) is 0 Å². The minimum atomic E-state index is -1.11. The van der Waals surface area contributed by atoms with E-state index in [-0.39, 0.29) is 18.3 Å². The average Bonchev–Trinajstić information content (AvgIpc) is 2.39. The largest absolute Gasteiger partial charge is 0.477 e. The Kier molecular flexibility index (Phi) is 3.63. The van der Waals surface area contributed by atoms with Crippen LogP contribution in [0.2, 0.25) is 0 Å². The quantitative estimate of drug-likeness (QED) is 0.670. The van der Waals surface area contributed by atoms with Crippen LogP contribution in [0.5, 0.6) is 0 Å². The number of morpholine rings is 1. The van der Waals surface area contributed by atoms with Gasteiger partial charge in [0.15, 0.2) is 11.5 Å². The number of nitrogens with two attached hydrogens (primary N) is 1. The second kappa shape index (κ2) is 5.19. The van der Waals surface area contributed by atoms with Gasteiger partial charge < -0.3 is 25.6 Å². The number of carboxylic acids is 1. The topological polar surface area (TPSA) is 109 Å². The molecule has 1 fully saturated rings. The Balaban J connectivity index is 2.35. The molecular formula is C11H15N3O4. The molecule has 0 amide bonds. The molecule has 0 radical (unpaired) electrons. The maximum atomic E-state index is 10.9. The van der Waals surface area contributed by atoms with Crippen LogP contribution in [0, 0.1) is 0 Å². The number of hydrogen-bond donors (Lipinski definition) is 3. The van der Waals surface area contributed by atoms with Crippen LogP contribution in [0.3, 0.4) is 0 Å². The second-order valence-electron chi connectivity index (χ2n) is 4.02. The zero-order valence-corrected chi connectivity index (χ0v) is 9.74. The molecule has 7 nitrogen and oxygen atoms in total. The number of pyridine rings is 1. The monoisotopic (exact) mass is 253 g/mol. The first-order valence-electron chi connectivity index (χ1n) is 5.58. The summed E-state index contributed by atoms with van der Waals surface area (Å²) in [6.45, 7) is 1.29. The van der Waals surface area contributed by atoms with Gasteiger partial charge in [0, 0.05) is 6.54 Å². The predicted octanol–water partition coefficient (Wildman–Crippen LogP) is -0.441. The summed E-state index contributed by atoms with van der Waals surface area (Å²) in [5, 5.41) is 18.2. The summed E-state index contributed by atoms with van der Waals surface area (Å²) in [7, 11) is 0. The number of nitrogens with zero attached hydrogens (tertiary/aromatic N) is 2. The van der Waals surface area contributed by atoms with Gasteiger partial charge in [-0.15, -0.1) is 0 Å². The van der Waals surface area contributed by atoms with Crippen LogP contribution in [0.25, 0.3) is 0 Å². The third-order valence-corrected chi connectivity index (χ3v) is 2.83. The van der Waals surface area contributed by atoms with Crippen LogP contribution in [0.1, 0.15) is 10.5 Å². The van der Waals surface area contributed by atoms with Gasteiger partial charge >= 0.3 is 5.97 Å². The van der Waals surface area contributed by atoms with E-state index < -0.39 is 5.97 Å². The Morgan fingerprint density at radius 2 is 2.39 bits per heavy atom. The van der Waals surface area contributed by atoms with E-state index >= 15 is 0 Å². The lowest BCUT2D eigenvalue weighted by atomic mass is 10.2. The number of anilines is 2. The van der Waals surface area contributed by atoms with E-state index in [2.05, 4.69) is 4.98 Å². The Morgan fingerprint density at radius 3 is 3.06 bits per heavy atom. The maximum absolute atomic E-state index is 10.9. The Labute approximate surface area is 104 Å². The SMILES string of the molecule is Nc1ccc(C(=O)O)nc1N1CCOCC1CO. The smallest absolute Gasteiger partial charge is 0.354 e. The van der Waals surface area contributed by atoms with Crippen molar-refractivity contribution in [1.82, 2.24) is 4.98 Å². The Hall–Kier alpha value is -1.86. The highest BCUT2D eigenvalue weighted by molar-refractivity contribution is 5.87. The van der Waals surface area contributed by atoms with Crippen molar-refractivity contribution in [3.63, 3.8) is 0 Å². The van der Waals surface area contributed by atoms with Crippen LogP contribution in [0.15, 0.2) is 12.1 Å². The molecule has 4 N–H and O–H groups in total. The van der Waals surface area contributed by atoms with Gasteiger partial charge in [-0.05, 0) is 12.1 Å². The van der Waals surface area contributed by atoms with Crippen molar-refractivity contribution in [3.05, 3.63) is 17.8 Å². The minimum absolute atomic E-state index is 0.0672. The standard InChI is InChI=1S/C11H15N3O4/c12-8-1-2-9(11(16)17)13-10(8)14-3-4-18-6-7(14)5-15/h1-2,7,15H,3-6,12H2,(H,16,17). The van der Waals surface area contributed by atoms with Crippen molar-refractivity contribution in [1.29, 1.82) is 0 Å². The summed E-state index contributed by atoms with van der Waals surface area (Å²) in [4.78, 5) is 16.7. The van der Waals surface area contributed by atoms with Crippen LogP contribution >= 0.6 is 0 Å². The molecule has 98 valence electrons. The highest BCUT2D eigenvalue weighted by Crippen LogP contribution is 2.24. The number of aliphatic hydroxyl groups is 1. The van der Waals surface area contributed by atoms with E-state index in [1.807, 2.05) is 0 Å². The highest BCUT2D eigenvalue weighted by atomic mass is 16.5. The number of aromatic carboxylic acids is 1.